The summed E-state index contributed by atoms with van der Waals surface area (Å²) in [6.45, 7) is 9.56. The Kier molecular flexibility index (Phi) is 8.21. The first-order valence-electron chi connectivity index (χ1n) is 9.64. The molecule has 0 atom stereocenters. The number of aromatic nitrogens is 3. The lowest BCUT2D eigenvalue weighted by atomic mass is 9.85. The van der Waals surface area contributed by atoms with E-state index in [1.807, 2.05) is 6.07 Å². The molecule has 0 unspecified atom stereocenters. The zero-order chi connectivity index (χ0) is 19.3. The van der Waals surface area contributed by atoms with Gasteiger partial charge in [0, 0.05) is 31.0 Å². The van der Waals surface area contributed by atoms with E-state index < -0.39 is 0 Å². The van der Waals surface area contributed by atoms with Crippen LogP contribution < -0.4 is 5.32 Å². The largest absolute Gasteiger partial charge is 0.357 e. The van der Waals surface area contributed by atoms with Crippen LogP contribution in [-0.2, 0) is 5.41 Å². The third kappa shape index (κ3) is 5.65. The zero-order valence-corrected chi connectivity index (χ0v) is 19.1. The molecule has 28 heavy (non-hydrogen) atoms. The molecule has 6 nitrogen and oxygen atoms in total. The van der Waals surface area contributed by atoms with Gasteiger partial charge >= 0.3 is 0 Å². The van der Waals surface area contributed by atoms with Crippen LogP contribution in [0.5, 0.6) is 0 Å². The SMILES string of the molecule is CCNC(=NCC(C)(C)c1cccc(F)c1)N1CCC(c2ncn[nH]2)CC1.I. The molecule has 0 spiro atoms. The highest BCUT2D eigenvalue weighted by Gasteiger charge is 2.26. The topological polar surface area (TPSA) is 69.2 Å². The van der Waals surface area contributed by atoms with Crippen molar-refractivity contribution in [2.45, 2.75) is 44.9 Å². The number of aromatic amines is 1. The van der Waals surface area contributed by atoms with Gasteiger partial charge in [0.25, 0.3) is 0 Å². The van der Waals surface area contributed by atoms with E-state index in [1.54, 1.807) is 18.5 Å². The van der Waals surface area contributed by atoms with Gasteiger partial charge in [-0.2, -0.15) is 5.10 Å². The molecule has 1 aromatic heterocycles. The summed E-state index contributed by atoms with van der Waals surface area (Å²) in [6, 6.07) is 6.81. The van der Waals surface area contributed by atoms with Crippen LogP contribution in [0.25, 0.3) is 0 Å². The second kappa shape index (κ2) is 10.2. The number of hydrogen-bond acceptors (Lipinski definition) is 3. The van der Waals surface area contributed by atoms with Crippen molar-refractivity contribution in [2.75, 3.05) is 26.2 Å². The van der Waals surface area contributed by atoms with Crippen LogP contribution in [0.15, 0.2) is 35.6 Å². The predicted octanol–water partition coefficient (Wildman–Crippen LogP) is 3.68. The van der Waals surface area contributed by atoms with Gasteiger partial charge in [0.1, 0.15) is 18.0 Å². The fourth-order valence-electron chi connectivity index (χ4n) is 3.48. The van der Waals surface area contributed by atoms with Crippen LogP contribution in [0, 0.1) is 5.82 Å². The summed E-state index contributed by atoms with van der Waals surface area (Å²) in [7, 11) is 0. The maximum Gasteiger partial charge on any atom is 0.193 e. The number of H-pyrrole nitrogens is 1. The Morgan fingerprint density at radius 2 is 2.11 bits per heavy atom. The number of aliphatic imine (C=N–C) groups is 1. The quantitative estimate of drug-likeness (QED) is 0.374. The number of halogens is 2. The van der Waals surface area contributed by atoms with Crippen LogP contribution >= 0.6 is 24.0 Å². The van der Waals surface area contributed by atoms with Gasteiger partial charge in [-0.1, -0.05) is 26.0 Å². The minimum Gasteiger partial charge on any atom is -0.357 e. The molecular weight excluding hydrogens is 470 g/mol. The third-order valence-corrected chi connectivity index (χ3v) is 5.18. The highest BCUT2D eigenvalue weighted by atomic mass is 127. The summed E-state index contributed by atoms with van der Waals surface area (Å²) < 4.78 is 13.6. The summed E-state index contributed by atoms with van der Waals surface area (Å²) in [5, 5.41) is 10.4. The van der Waals surface area contributed by atoms with Crippen molar-refractivity contribution in [3.05, 3.63) is 47.8 Å². The van der Waals surface area contributed by atoms with Crippen LogP contribution in [0.2, 0.25) is 0 Å². The van der Waals surface area contributed by atoms with Crippen LogP contribution in [0.1, 0.15) is 50.9 Å². The Morgan fingerprint density at radius 3 is 2.71 bits per heavy atom. The van der Waals surface area contributed by atoms with Crippen LogP contribution in [-0.4, -0.2) is 52.2 Å². The highest BCUT2D eigenvalue weighted by molar-refractivity contribution is 14.0. The Bertz CT molecular complexity index is 754. The number of rotatable bonds is 5. The molecule has 0 saturated carbocycles. The lowest BCUT2D eigenvalue weighted by Crippen LogP contribution is -2.46. The summed E-state index contributed by atoms with van der Waals surface area (Å²) in [5.41, 5.74) is 0.729. The molecule has 2 heterocycles. The normalized spacial score (nSPS) is 16.0. The van der Waals surface area contributed by atoms with E-state index >= 15 is 0 Å². The molecule has 1 aliphatic heterocycles. The monoisotopic (exact) mass is 500 g/mol. The van der Waals surface area contributed by atoms with Gasteiger partial charge in [0.15, 0.2) is 5.96 Å². The van der Waals surface area contributed by atoms with Gasteiger partial charge in [-0.05, 0) is 37.5 Å². The van der Waals surface area contributed by atoms with Crippen molar-refractivity contribution < 1.29 is 4.39 Å². The summed E-state index contributed by atoms with van der Waals surface area (Å²) in [5.74, 6) is 2.13. The molecule has 1 aliphatic rings. The number of guanidine groups is 1. The molecule has 8 heteroatoms. The number of hydrogen-bond donors (Lipinski definition) is 2. The molecule has 2 N–H and O–H groups in total. The van der Waals surface area contributed by atoms with E-state index in [0.717, 1.165) is 49.8 Å². The first kappa shape index (κ1) is 22.6. The lowest BCUT2D eigenvalue weighted by molar-refractivity contribution is 0.298. The van der Waals surface area contributed by atoms with Crippen molar-refractivity contribution in [2.24, 2.45) is 4.99 Å². The van der Waals surface area contributed by atoms with E-state index in [2.05, 4.69) is 46.2 Å². The molecule has 0 amide bonds. The van der Waals surface area contributed by atoms with Gasteiger partial charge in [0.05, 0.1) is 6.54 Å². The van der Waals surface area contributed by atoms with Gasteiger partial charge in [0.2, 0.25) is 0 Å². The molecule has 0 aliphatic carbocycles. The van der Waals surface area contributed by atoms with E-state index in [0.29, 0.717) is 12.5 Å². The van der Waals surface area contributed by atoms with Crippen molar-refractivity contribution >= 4 is 29.9 Å². The molecule has 2 aromatic rings. The Balaban J connectivity index is 0.00000280. The minimum atomic E-state index is -0.235. The molecule has 1 saturated heterocycles. The molecule has 0 radical (unpaired) electrons. The number of benzene rings is 1. The second-order valence-corrected chi connectivity index (χ2v) is 7.70. The fraction of sp³-hybridized carbons (Fsp3) is 0.550. The summed E-state index contributed by atoms with van der Waals surface area (Å²) >= 11 is 0. The van der Waals surface area contributed by atoms with Gasteiger partial charge in [-0.3, -0.25) is 10.1 Å². The minimum absolute atomic E-state index is 0. The third-order valence-electron chi connectivity index (χ3n) is 5.18. The fourth-order valence-corrected chi connectivity index (χ4v) is 3.48. The average molecular weight is 500 g/mol. The van der Waals surface area contributed by atoms with E-state index in [4.69, 9.17) is 4.99 Å². The summed E-state index contributed by atoms with van der Waals surface area (Å²) in [4.78, 5) is 11.5. The van der Waals surface area contributed by atoms with Crippen molar-refractivity contribution in [3.63, 3.8) is 0 Å². The van der Waals surface area contributed by atoms with Gasteiger partial charge in [-0.25, -0.2) is 9.37 Å². The van der Waals surface area contributed by atoms with Crippen molar-refractivity contribution in [1.29, 1.82) is 0 Å². The molecule has 1 fully saturated rings. The molecule has 1 aromatic carbocycles. The molecular formula is C20H30FIN6. The average Bonchev–Trinajstić information content (AvgIpc) is 3.20. The van der Waals surface area contributed by atoms with Crippen molar-refractivity contribution in [3.8, 4) is 0 Å². The lowest BCUT2D eigenvalue weighted by Gasteiger charge is -2.34. The standard InChI is InChI=1S/C20H29FN6.HI/c1-4-22-19(23-13-20(2,3)16-6-5-7-17(21)12-16)27-10-8-15(9-11-27)18-24-14-25-26-18;/h5-7,12,14-15H,4,8-11,13H2,1-3H3,(H,22,23)(H,24,25,26);1H. The smallest absolute Gasteiger partial charge is 0.193 e. The molecule has 0 bridgehead atoms. The van der Waals surface area contributed by atoms with E-state index in [-0.39, 0.29) is 35.2 Å². The van der Waals surface area contributed by atoms with Gasteiger partial charge in [-0.15, -0.1) is 24.0 Å². The highest BCUT2D eigenvalue weighted by Crippen LogP contribution is 2.26. The van der Waals surface area contributed by atoms with Crippen molar-refractivity contribution in [1.82, 2.24) is 25.4 Å². The van der Waals surface area contributed by atoms with E-state index in [9.17, 15) is 4.39 Å². The molecule has 3 rings (SSSR count). The Hall–Kier alpha value is -1.71. The number of nitrogens with zero attached hydrogens (tertiary/aromatic N) is 4. The first-order chi connectivity index (χ1) is 13.0. The van der Waals surface area contributed by atoms with E-state index in [1.165, 1.54) is 6.07 Å². The Morgan fingerprint density at radius 1 is 1.36 bits per heavy atom. The second-order valence-electron chi connectivity index (χ2n) is 7.70. The maximum atomic E-state index is 13.6. The van der Waals surface area contributed by atoms with Crippen LogP contribution in [0.4, 0.5) is 4.39 Å². The molecule has 154 valence electrons. The predicted molar refractivity (Wildman–Crippen MR) is 121 cm³/mol. The summed E-state index contributed by atoms with van der Waals surface area (Å²) in [6.07, 6.45) is 3.61. The first-order valence-corrected chi connectivity index (χ1v) is 9.64. The number of piperidine rings is 1. The zero-order valence-electron chi connectivity index (χ0n) is 16.8. The van der Waals surface area contributed by atoms with Crippen LogP contribution in [0.3, 0.4) is 0 Å². The van der Waals surface area contributed by atoms with Gasteiger partial charge < -0.3 is 10.2 Å². The number of likely N-dealkylation sites (tertiary alicyclic amines) is 1. The number of nitrogens with one attached hydrogen (secondary N) is 2. The Labute approximate surface area is 183 Å². The maximum absolute atomic E-state index is 13.6.